The van der Waals surface area contributed by atoms with Gasteiger partial charge in [0.2, 0.25) is 15.9 Å². The van der Waals surface area contributed by atoms with E-state index >= 15 is 0 Å². The van der Waals surface area contributed by atoms with Crippen LogP contribution >= 0.6 is 0 Å². The van der Waals surface area contributed by atoms with Crippen molar-refractivity contribution in [3.05, 3.63) is 53.2 Å². The van der Waals surface area contributed by atoms with Gasteiger partial charge in [-0.15, -0.1) is 0 Å². The van der Waals surface area contributed by atoms with Crippen molar-refractivity contribution in [1.29, 1.82) is 0 Å². The molecule has 0 atom stereocenters. The zero-order valence-corrected chi connectivity index (χ0v) is 19.7. The maximum absolute atomic E-state index is 14.4. The van der Waals surface area contributed by atoms with Gasteiger partial charge in [0.1, 0.15) is 22.3 Å². The van der Waals surface area contributed by atoms with Gasteiger partial charge in [0, 0.05) is 24.4 Å². The van der Waals surface area contributed by atoms with Gasteiger partial charge >= 0.3 is 0 Å². The third-order valence-electron chi connectivity index (χ3n) is 4.72. The standard InChI is InChI=1S/C20H22FN5O5S2/c1-12-19(14-6-8-18(31-3)25-20(14)23-2)26(17(24-12)11-32(4,27)28)10-13-5-7-16(15(21)9-13)33(22,29)30/h5-9H,2,10-11H2,1,3-4H3,(H2,22,29,30). The van der Waals surface area contributed by atoms with Crippen LogP contribution in [0.1, 0.15) is 17.1 Å². The van der Waals surface area contributed by atoms with Crippen LogP contribution in [0.5, 0.6) is 5.88 Å². The number of imidazole rings is 1. The van der Waals surface area contributed by atoms with Crippen LogP contribution in [0.2, 0.25) is 0 Å². The molecule has 0 aliphatic heterocycles. The predicted octanol–water partition coefficient (Wildman–Crippen LogP) is 1.97. The lowest BCUT2D eigenvalue weighted by Crippen LogP contribution is -2.15. The van der Waals surface area contributed by atoms with Crippen molar-refractivity contribution in [3.63, 3.8) is 0 Å². The molecule has 0 aliphatic carbocycles. The largest absolute Gasteiger partial charge is 0.481 e. The number of primary sulfonamides is 1. The van der Waals surface area contributed by atoms with Gasteiger partial charge in [-0.05, 0) is 37.4 Å². The second-order valence-electron chi connectivity index (χ2n) is 7.31. The van der Waals surface area contributed by atoms with Gasteiger partial charge in [-0.25, -0.2) is 36.3 Å². The van der Waals surface area contributed by atoms with Crippen molar-refractivity contribution in [2.75, 3.05) is 13.4 Å². The van der Waals surface area contributed by atoms with Crippen LogP contribution in [0, 0.1) is 12.7 Å². The molecule has 0 amide bonds. The lowest BCUT2D eigenvalue weighted by Gasteiger charge is -2.15. The number of rotatable bonds is 8. The molecule has 33 heavy (non-hydrogen) atoms. The number of sulfone groups is 1. The summed E-state index contributed by atoms with van der Waals surface area (Å²) in [6.45, 7) is 5.22. The molecule has 2 aromatic heterocycles. The number of aryl methyl sites for hydroxylation is 1. The third kappa shape index (κ3) is 5.43. The van der Waals surface area contributed by atoms with E-state index in [4.69, 9.17) is 9.88 Å². The maximum atomic E-state index is 14.4. The monoisotopic (exact) mass is 495 g/mol. The van der Waals surface area contributed by atoms with Crippen LogP contribution in [0.4, 0.5) is 10.2 Å². The minimum absolute atomic E-state index is 0.00847. The van der Waals surface area contributed by atoms with Gasteiger partial charge in [-0.3, -0.25) is 0 Å². The fraction of sp³-hybridized carbons (Fsp3) is 0.250. The van der Waals surface area contributed by atoms with E-state index in [0.29, 0.717) is 28.4 Å². The SMILES string of the molecule is C=Nc1nc(OC)ccc1-c1c(C)nc(CS(C)(=O)=O)n1Cc1ccc(S(N)(=O)=O)c(F)c1. The number of ether oxygens (including phenoxy) is 1. The number of methoxy groups -OCH3 is 1. The summed E-state index contributed by atoms with van der Waals surface area (Å²) >= 11 is 0. The second-order valence-corrected chi connectivity index (χ2v) is 11.0. The minimum atomic E-state index is -4.23. The summed E-state index contributed by atoms with van der Waals surface area (Å²) in [4.78, 5) is 12.0. The molecule has 0 radical (unpaired) electrons. The summed E-state index contributed by atoms with van der Waals surface area (Å²) < 4.78 is 68.2. The minimum Gasteiger partial charge on any atom is -0.481 e. The highest BCUT2D eigenvalue weighted by atomic mass is 32.2. The Balaban J connectivity index is 2.21. The number of aliphatic imine (C=N–C) groups is 1. The van der Waals surface area contributed by atoms with E-state index in [1.807, 2.05) is 0 Å². The lowest BCUT2D eigenvalue weighted by atomic mass is 10.1. The third-order valence-corrected chi connectivity index (χ3v) is 6.45. The Morgan fingerprint density at radius 1 is 1.18 bits per heavy atom. The Labute approximate surface area is 190 Å². The van der Waals surface area contributed by atoms with Crippen molar-refractivity contribution in [2.45, 2.75) is 24.1 Å². The molecule has 13 heteroatoms. The van der Waals surface area contributed by atoms with Gasteiger partial charge < -0.3 is 9.30 Å². The zero-order valence-electron chi connectivity index (χ0n) is 18.1. The van der Waals surface area contributed by atoms with E-state index in [1.54, 1.807) is 23.6 Å². The van der Waals surface area contributed by atoms with E-state index in [2.05, 4.69) is 21.7 Å². The van der Waals surface area contributed by atoms with Gasteiger partial charge in [0.25, 0.3) is 0 Å². The van der Waals surface area contributed by atoms with Crippen molar-refractivity contribution in [1.82, 2.24) is 14.5 Å². The van der Waals surface area contributed by atoms with E-state index < -0.39 is 30.6 Å². The summed E-state index contributed by atoms with van der Waals surface area (Å²) in [6, 6.07) is 6.78. The molecular weight excluding hydrogens is 473 g/mol. The zero-order chi connectivity index (χ0) is 24.6. The molecule has 176 valence electrons. The first-order chi connectivity index (χ1) is 15.3. The Bertz CT molecular complexity index is 1450. The second kappa shape index (κ2) is 9.00. The van der Waals surface area contributed by atoms with Crippen LogP contribution in [-0.4, -0.2) is 51.5 Å². The topological polar surface area (TPSA) is 147 Å². The van der Waals surface area contributed by atoms with Crippen LogP contribution in [0.15, 0.2) is 40.2 Å². The molecule has 0 saturated carbocycles. The van der Waals surface area contributed by atoms with Gasteiger partial charge in [0.05, 0.1) is 18.5 Å². The van der Waals surface area contributed by atoms with E-state index in [1.165, 1.54) is 13.2 Å². The molecule has 0 unspecified atom stereocenters. The van der Waals surface area contributed by atoms with Crippen LogP contribution in [0.25, 0.3) is 11.3 Å². The van der Waals surface area contributed by atoms with Gasteiger partial charge in [0.15, 0.2) is 15.7 Å². The first kappa shape index (κ1) is 24.5. The van der Waals surface area contributed by atoms with Crippen molar-refractivity contribution in [3.8, 4) is 17.1 Å². The van der Waals surface area contributed by atoms with Crippen molar-refractivity contribution >= 4 is 32.4 Å². The lowest BCUT2D eigenvalue weighted by molar-refractivity contribution is 0.398. The number of sulfonamides is 1. The number of benzene rings is 1. The Kier molecular flexibility index (Phi) is 6.68. The number of aromatic nitrogens is 3. The number of hydrogen-bond donors (Lipinski definition) is 1. The smallest absolute Gasteiger partial charge is 0.240 e. The van der Waals surface area contributed by atoms with E-state index in [-0.39, 0.29) is 23.9 Å². The molecular formula is C20H22FN5O5S2. The fourth-order valence-electron chi connectivity index (χ4n) is 3.39. The number of hydrogen-bond acceptors (Lipinski definition) is 8. The summed E-state index contributed by atoms with van der Waals surface area (Å²) in [5.41, 5.74) is 1.87. The number of pyridine rings is 1. The van der Waals surface area contributed by atoms with Crippen LogP contribution < -0.4 is 9.88 Å². The number of nitrogens with two attached hydrogens (primary N) is 1. The molecule has 10 nitrogen and oxygen atoms in total. The number of nitrogens with zero attached hydrogens (tertiary/aromatic N) is 4. The molecule has 0 saturated heterocycles. The summed E-state index contributed by atoms with van der Waals surface area (Å²) in [6.07, 6.45) is 1.08. The fourth-order valence-corrected chi connectivity index (χ4v) is 4.67. The molecule has 3 rings (SSSR count). The van der Waals surface area contributed by atoms with Crippen LogP contribution in [-0.2, 0) is 32.2 Å². The van der Waals surface area contributed by atoms with Crippen molar-refractivity contribution in [2.24, 2.45) is 10.1 Å². The van der Waals surface area contributed by atoms with Crippen LogP contribution in [0.3, 0.4) is 0 Å². The average molecular weight is 496 g/mol. The van der Waals surface area contributed by atoms with E-state index in [0.717, 1.165) is 18.4 Å². The van der Waals surface area contributed by atoms with Gasteiger partial charge in [-0.2, -0.15) is 4.98 Å². The first-order valence-electron chi connectivity index (χ1n) is 9.41. The Morgan fingerprint density at radius 2 is 1.88 bits per heavy atom. The molecule has 0 aliphatic rings. The average Bonchev–Trinajstić information content (AvgIpc) is 2.99. The highest BCUT2D eigenvalue weighted by Crippen LogP contribution is 2.34. The molecule has 0 fully saturated rings. The summed E-state index contributed by atoms with van der Waals surface area (Å²) in [5.74, 6) is -0.627. The van der Waals surface area contributed by atoms with E-state index in [9.17, 15) is 21.2 Å². The van der Waals surface area contributed by atoms with Gasteiger partial charge in [-0.1, -0.05) is 6.07 Å². The summed E-state index contributed by atoms with van der Waals surface area (Å²) in [5, 5.41) is 5.03. The first-order valence-corrected chi connectivity index (χ1v) is 13.0. The Morgan fingerprint density at radius 3 is 2.42 bits per heavy atom. The van der Waals surface area contributed by atoms with Crippen molar-refractivity contribution < 1.29 is 26.0 Å². The predicted molar refractivity (Wildman–Crippen MR) is 121 cm³/mol. The summed E-state index contributed by atoms with van der Waals surface area (Å²) in [7, 11) is -6.24. The Hall–Kier alpha value is -3.16. The molecule has 2 N–H and O–H groups in total. The molecule has 0 spiro atoms. The molecule has 2 heterocycles. The molecule has 1 aromatic carbocycles. The highest BCUT2D eigenvalue weighted by molar-refractivity contribution is 7.90. The maximum Gasteiger partial charge on any atom is 0.240 e. The quantitative estimate of drug-likeness (QED) is 0.470. The molecule has 3 aromatic rings. The molecule has 0 bridgehead atoms. The number of halogens is 1. The normalized spacial score (nSPS) is 12.0. The highest BCUT2D eigenvalue weighted by Gasteiger charge is 2.23.